The number of aliphatic hydroxyl groups is 1. The van der Waals surface area contributed by atoms with Gasteiger partial charge in [0.2, 0.25) is 5.91 Å². The summed E-state index contributed by atoms with van der Waals surface area (Å²) in [5, 5.41) is 22.0. The zero-order chi connectivity index (χ0) is 15.0. The summed E-state index contributed by atoms with van der Waals surface area (Å²) in [5.41, 5.74) is 0. The minimum Gasteiger partial charge on any atom is -0.479 e. The van der Waals surface area contributed by atoms with Gasteiger partial charge in [-0.15, -0.1) is 0 Å². The number of urea groups is 1. The normalized spacial score (nSPS) is 16.4. The maximum atomic E-state index is 11.7. The van der Waals surface area contributed by atoms with Crippen molar-refractivity contribution in [2.45, 2.75) is 12.5 Å². The van der Waals surface area contributed by atoms with Crippen molar-refractivity contribution in [3.63, 3.8) is 0 Å². The number of carboxylic acids is 1. The molecule has 9 nitrogen and oxygen atoms in total. The second kappa shape index (κ2) is 8.33. The van der Waals surface area contributed by atoms with Crippen LogP contribution in [0.2, 0.25) is 0 Å². The molecule has 0 aromatic heterocycles. The average Bonchev–Trinajstić information content (AvgIpc) is 2.45. The van der Waals surface area contributed by atoms with Gasteiger partial charge in [0.15, 0.2) is 6.10 Å². The highest BCUT2D eigenvalue weighted by atomic mass is 16.5. The van der Waals surface area contributed by atoms with Crippen LogP contribution in [0, 0.1) is 0 Å². The number of nitrogens with one attached hydrogen (secondary N) is 2. The van der Waals surface area contributed by atoms with Gasteiger partial charge in [0, 0.05) is 26.1 Å². The molecule has 0 unspecified atom stereocenters. The van der Waals surface area contributed by atoms with Crippen molar-refractivity contribution in [1.29, 1.82) is 0 Å². The molecular formula is C11H19N3O6. The van der Waals surface area contributed by atoms with Crippen molar-refractivity contribution in [2.75, 3.05) is 39.4 Å². The second-order valence-electron chi connectivity index (χ2n) is 4.23. The maximum absolute atomic E-state index is 11.7. The standard InChI is InChI=1S/C11H19N3O6/c15-8(10(17)18)7-13-11(19)12-2-1-9(16)14-3-5-20-6-4-14/h8,15H,1-7H2,(H,17,18)(H2,12,13,19)/t8-/m0/s1. The van der Waals surface area contributed by atoms with E-state index in [0.29, 0.717) is 26.3 Å². The minimum absolute atomic E-state index is 0.0702. The van der Waals surface area contributed by atoms with E-state index in [0.717, 1.165) is 0 Å². The first-order valence-corrected chi connectivity index (χ1v) is 6.29. The van der Waals surface area contributed by atoms with E-state index in [2.05, 4.69) is 10.6 Å². The molecule has 0 aromatic carbocycles. The van der Waals surface area contributed by atoms with E-state index in [-0.39, 0.29) is 18.9 Å². The summed E-state index contributed by atoms with van der Waals surface area (Å²) in [6.07, 6.45) is -1.48. The molecule has 3 amide bonds. The summed E-state index contributed by atoms with van der Waals surface area (Å²) >= 11 is 0. The van der Waals surface area contributed by atoms with Gasteiger partial charge < -0.3 is 30.5 Å². The van der Waals surface area contributed by atoms with Crippen LogP contribution in [0.25, 0.3) is 0 Å². The number of nitrogens with zero attached hydrogens (tertiary/aromatic N) is 1. The average molecular weight is 289 g/mol. The van der Waals surface area contributed by atoms with Crippen LogP contribution in [-0.2, 0) is 14.3 Å². The van der Waals surface area contributed by atoms with Gasteiger partial charge in [0.25, 0.3) is 0 Å². The van der Waals surface area contributed by atoms with Crippen LogP contribution >= 0.6 is 0 Å². The van der Waals surface area contributed by atoms with Gasteiger partial charge in [-0.2, -0.15) is 0 Å². The molecule has 1 fully saturated rings. The van der Waals surface area contributed by atoms with Crippen LogP contribution < -0.4 is 10.6 Å². The first-order valence-electron chi connectivity index (χ1n) is 6.29. The van der Waals surface area contributed by atoms with E-state index in [9.17, 15) is 14.4 Å². The summed E-state index contributed by atoms with van der Waals surface area (Å²) < 4.78 is 5.12. The van der Waals surface area contributed by atoms with Crippen LogP contribution in [0.15, 0.2) is 0 Å². The molecule has 1 atom stereocenters. The molecule has 0 aromatic rings. The molecule has 0 aliphatic carbocycles. The summed E-state index contributed by atoms with van der Waals surface area (Å²) in [6, 6.07) is -0.625. The first kappa shape index (κ1) is 16.2. The lowest BCUT2D eigenvalue weighted by Crippen LogP contribution is -2.44. The quantitative estimate of drug-likeness (QED) is 0.447. The number of carboxylic acid groups (broad SMARTS) is 1. The predicted molar refractivity (Wildman–Crippen MR) is 67.1 cm³/mol. The lowest BCUT2D eigenvalue weighted by molar-refractivity contribution is -0.146. The third-order valence-corrected chi connectivity index (χ3v) is 2.73. The summed E-state index contributed by atoms with van der Waals surface area (Å²) in [6.45, 7) is 1.90. The topological polar surface area (TPSA) is 128 Å². The van der Waals surface area contributed by atoms with E-state index < -0.39 is 24.6 Å². The highest BCUT2D eigenvalue weighted by Crippen LogP contribution is 1.99. The SMILES string of the molecule is O=C(NCCC(=O)N1CCOCC1)NC[C@H](O)C(=O)O. The number of carbonyl (C=O) groups excluding carboxylic acids is 2. The number of hydrogen-bond acceptors (Lipinski definition) is 5. The molecule has 9 heteroatoms. The summed E-state index contributed by atoms with van der Waals surface area (Å²) in [5.74, 6) is -1.48. The Bertz CT molecular complexity index is 356. The van der Waals surface area contributed by atoms with Gasteiger partial charge in [-0.25, -0.2) is 9.59 Å². The van der Waals surface area contributed by atoms with E-state index in [1.54, 1.807) is 4.90 Å². The van der Waals surface area contributed by atoms with Crippen molar-refractivity contribution >= 4 is 17.9 Å². The molecule has 0 bridgehead atoms. The van der Waals surface area contributed by atoms with Gasteiger partial charge in [-0.3, -0.25) is 4.79 Å². The molecule has 1 saturated heterocycles. The number of ether oxygens (including phenoxy) is 1. The lowest BCUT2D eigenvalue weighted by Gasteiger charge is -2.26. The van der Waals surface area contributed by atoms with Gasteiger partial charge in [-0.05, 0) is 0 Å². The van der Waals surface area contributed by atoms with Gasteiger partial charge in [-0.1, -0.05) is 0 Å². The van der Waals surface area contributed by atoms with E-state index >= 15 is 0 Å². The van der Waals surface area contributed by atoms with Crippen molar-refractivity contribution < 1.29 is 29.3 Å². The molecule has 0 saturated carbocycles. The molecule has 1 rings (SSSR count). The fraction of sp³-hybridized carbons (Fsp3) is 0.727. The molecule has 0 spiro atoms. The molecule has 1 aliphatic rings. The largest absolute Gasteiger partial charge is 0.479 e. The van der Waals surface area contributed by atoms with Crippen LogP contribution in [0.3, 0.4) is 0 Å². The first-order chi connectivity index (χ1) is 9.50. The van der Waals surface area contributed by atoms with Crippen molar-refractivity contribution in [3.8, 4) is 0 Å². The Morgan fingerprint density at radius 1 is 1.20 bits per heavy atom. The maximum Gasteiger partial charge on any atom is 0.334 e. The predicted octanol–water partition coefficient (Wildman–Crippen LogP) is -2.02. The summed E-state index contributed by atoms with van der Waals surface area (Å²) in [4.78, 5) is 34.9. The Morgan fingerprint density at radius 3 is 2.45 bits per heavy atom. The second-order valence-corrected chi connectivity index (χ2v) is 4.23. The number of morpholine rings is 1. The van der Waals surface area contributed by atoms with Gasteiger partial charge in [0.1, 0.15) is 0 Å². The van der Waals surface area contributed by atoms with Crippen molar-refractivity contribution in [1.82, 2.24) is 15.5 Å². The van der Waals surface area contributed by atoms with Crippen LogP contribution in [-0.4, -0.2) is 78.5 Å². The monoisotopic (exact) mass is 289 g/mol. The Kier molecular flexibility index (Phi) is 6.74. The molecule has 4 N–H and O–H groups in total. The Labute approximate surface area is 115 Å². The third-order valence-electron chi connectivity index (χ3n) is 2.73. The zero-order valence-electron chi connectivity index (χ0n) is 11.0. The van der Waals surface area contributed by atoms with E-state index in [1.807, 2.05) is 0 Å². The Morgan fingerprint density at radius 2 is 1.85 bits per heavy atom. The van der Waals surface area contributed by atoms with Gasteiger partial charge in [0.05, 0.1) is 19.8 Å². The highest BCUT2D eigenvalue weighted by Gasteiger charge is 2.17. The van der Waals surface area contributed by atoms with Crippen LogP contribution in [0.1, 0.15) is 6.42 Å². The number of carbonyl (C=O) groups is 3. The molecule has 1 aliphatic heterocycles. The fourth-order valence-corrected chi connectivity index (χ4v) is 1.59. The number of hydrogen-bond donors (Lipinski definition) is 4. The van der Waals surface area contributed by atoms with Crippen LogP contribution in [0.4, 0.5) is 4.79 Å². The molecule has 114 valence electrons. The summed E-state index contributed by atoms with van der Waals surface area (Å²) in [7, 11) is 0. The highest BCUT2D eigenvalue weighted by molar-refractivity contribution is 5.79. The number of amides is 3. The number of rotatable bonds is 6. The molecule has 1 heterocycles. The Hall–Kier alpha value is -1.87. The third kappa shape index (κ3) is 5.85. The fourth-order valence-electron chi connectivity index (χ4n) is 1.59. The van der Waals surface area contributed by atoms with E-state index in [4.69, 9.17) is 14.9 Å². The lowest BCUT2D eigenvalue weighted by atomic mass is 10.3. The smallest absolute Gasteiger partial charge is 0.334 e. The molecular weight excluding hydrogens is 270 g/mol. The number of aliphatic carboxylic acids is 1. The molecule has 0 radical (unpaired) electrons. The Balaban J connectivity index is 2.12. The van der Waals surface area contributed by atoms with Crippen LogP contribution in [0.5, 0.6) is 0 Å². The van der Waals surface area contributed by atoms with E-state index in [1.165, 1.54) is 0 Å². The zero-order valence-corrected chi connectivity index (χ0v) is 11.0. The molecule has 20 heavy (non-hydrogen) atoms. The van der Waals surface area contributed by atoms with Gasteiger partial charge >= 0.3 is 12.0 Å². The van der Waals surface area contributed by atoms with Crippen molar-refractivity contribution in [3.05, 3.63) is 0 Å². The minimum atomic E-state index is -1.64. The number of aliphatic hydroxyl groups excluding tert-OH is 1. The van der Waals surface area contributed by atoms with Crippen molar-refractivity contribution in [2.24, 2.45) is 0 Å².